The molecule has 0 aromatic rings. The fraction of sp³-hybridized carbons (Fsp3) is 0.750. The lowest BCUT2D eigenvalue weighted by Crippen LogP contribution is -2.50. The predicted octanol–water partition coefficient (Wildman–Crippen LogP) is -0.388. The van der Waals surface area contributed by atoms with E-state index in [-0.39, 0.29) is 24.8 Å². The van der Waals surface area contributed by atoms with E-state index in [0.29, 0.717) is 13.0 Å². The molecule has 2 aliphatic rings. The quantitative estimate of drug-likeness (QED) is 0.683. The Morgan fingerprint density at radius 2 is 2.16 bits per heavy atom. The van der Waals surface area contributed by atoms with Gasteiger partial charge in [-0.3, -0.25) is 14.9 Å². The summed E-state index contributed by atoms with van der Waals surface area (Å²) in [6, 6.07) is -0.489. The van der Waals surface area contributed by atoms with Crippen molar-refractivity contribution in [3.63, 3.8) is 0 Å². The lowest BCUT2D eigenvalue weighted by atomic mass is 9.99. The number of imide groups is 1. The second kappa shape index (κ2) is 4.48. The molecule has 106 valence electrons. The molecule has 0 aliphatic carbocycles. The van der Waals surface area contributed by atoms with Crippen LogP contribution in [-0.2, 0) is 14.3 Å². The van der Waals surface area contributed by atoms with Crippen molar-refractivity contribution in [3.8, 4) is 0 Å². The first-order valence-corrected chi connectivity index (χ1v) is 6.25. The van der Waals surface area contributed by atoms with Gasteiger partial charge in [0.25, 0.3) is 5.91 Å². The molecular formula is C12H19N3O4. The highest BCUT2D eigenvalue weighted by Crippen LogP contribution is 2.26. The predicted molar refractivity (Wildman–Crippen MR) is 66.3 cm³/mol. The summed E-state index contributed by atoms with van der Waals surface area (Å²) in [6.45, 7) is 4.36. The maximum atomic E-state index is 12.1. The topological polar surface area (TPSA) is 87.7 Å². The third-order valence-electron chi connectivity index (χ3n) is 3.77. The number of carbonyl (C=O) groups excluding carboxylic acids is 3. The van der Waals surface area contributed by atoms with Crippen molar-refractivity contribution in [3.05, 3.63) is 0 Å². The number of urea groups is 1. The van der Waals surface area contributed by atoms with Crippen molar-refractivity contribution in [2.24, 2.45) is 0 Å². The second-order valence-electron chi connectivity index (χ2n) is 5.70. The number of carbonyl (C=O) groups is 3. The molecule has 1 unspecified atom stereocenters. The second-order valence-corrected chi connectivity index (χ2v) is 5.70. The van der Waals surface area contributed by atoms with E-state index in [1.165, 1.54) is 0 Å². The molecule has 2 heterocycles. The van der Waals surface area contributed by atoms with Gasteiger partial charge in [-0.25, -0.2) is 4.79 Å². The molecule has 7 nitrogen and oxygen atoms in total. The van der Waals surface area contributed by atoms with E-state index in [0.717, 1.165) is 0 Å². The zero-order valence-electron chi connectivity index (χ0n) is 11.4. The van der Waals surface area contributed by atoms with Gasteiger partial charge in [-0.15, -0.1) is 0 Å². The Morgan fingerprint density at radius 3 is 2.68 bits per heavy atom. The molecule has 1 spiro atoms. The number of likely N-dealkylation sites (tertiary alicyclic amines) is 1. The van der Waals surface area contributed by atoms with Crippen LogP contribution in [0.1, 0.15) is 26.7 Å². The van der Waals surface area contributed by atoms with Crippen molar-refractivity contribution in [1.29, 1.82) is 0 Å². The van der Waals surface area contributed by atoms with Crippen molar-refractivity contribution in [1.82, 2.24) is 15.5 Å². The van der Waals surface area contributed by atoms with Gasteiger partial charge in [0, 0.05) is 13.7 Å². The first-order chi connectivity index (χ1) is 8.78. The van der Waals surface area contributed by atoms with E-state index in [9.17, 15) is 14.4 Å². The Hall–Kier alpha value is -1.63. The van der Waals surface area contributed by atoms with E-state index in [1.807, 2.05) is 13.8 Å². The largest absolute Gasteiger partial charge is 0.378 e. The number of rotatable bonds is 3. The van der Waals surface area contributed by atoms with Gasteiger partial charge in [0.2, 0.25) is 5.91 Å². The summed E-state index contributed by atoms with van der Waals surface area (Å²) < 4.78 is 5.23. The Labute approximate surface area is 111 Å². The Bertz CT molecular complexity index is 435. The average Bonchev–Trinajstić information content (AvgIpc) is 2.84. The van der Waals surface area contributed by atoms with Crippen LogP contribution < -0.4 is 10.6 Å². The normalized spacial score (nSPS) is 26.8. The van der Waals surface area contributed by atoms with Gasteiger partial charge >= 0.3 is 6.03 Å². The third kappa shape index (κ3) is 2.56. The molecule has 7 heteroatoms. The van der Waals surface area contributed by atoms with E-state index in [1.54, 1.807) is 12.0 Å². The van der Waals surface area contributed by atoms with Crippen molar-refractivity contribution in [2.75, 3.05) is 20.2 Å². The summed E-state index contributed by atoms with van der Waals surface area (Å²) in [6.07, 6.45) is 0.693. The molecule has 0 bridgehead atoms. The molecule has 2 fully saturated rings. The molecule has 0 aromatic heterocycles. The minimum Gasteiger partial charge on any atom is -0.378 e. The van der Waals surface area contributed by atoms with Gasteiger partial charge < -0.3 is 15.0 Å². The first kappa shape index (κ1) is 13.8. The van der Waals surface area contributed by atoms with Crippen molar-refractivity contribution >= 4 is 17.8 Å². The van der Waals surface area contributed by atoms with Gasteiger partial charge in [-0.1, -0.05) is 0 Å². The number of nitrogens with zero attached hydrogens (tertiary/aromatic N) is 1. The Kier molecular flexibility index (Phi) is 3.25. The number of amides is 4. The maximum absolute atomic E-state index is 12.1. The SMILES string of the molecule is COC(C)(C)CC(=O)N1CCC2(C1)NC(=O)NC2=O. The zero-order chi connectivity index (χ0) is 14.3. The summed E-state index contributed by atoms with van der Waals surface area (Å²) in [5.74, 6) is -0.420. The maximum Gasteiger partial charge on any atom is 0.322 e. The number of nitrogens with one attached hydrogen (secondary N) is 2. The van der Waals surface area contributed by atoms with Crippen LogP contribution in [-0.4, -0.2) is 54.1 Å². The summed E-state index contributed by atoms with van der Waals surface area (Å²) >= 11 is 0. The molecule has 4 amide bonds. The first-order valence-electron chi connectivity index (χ1n) is 6.25. The lowest BCUT2D eigenvalue weighted by Gasteiger charge is -2.26. The molecule has 1 atom stereocenters. The monoisotopic (exact) mass is 269 g/mol. The lowest BCUT2D eigenvalue weighted by molar-refractivity contribution is -0.135. The third-order valence-corrected chi connectivity index (χ3v) is 3.77. The van der Waals surface area contributed by atoms with Crippen LogP contribution in [0.5, 0.6) is 0 Å². The van der Waals surface area contributed by atoms with Crippen LogP contribution in [0.3, 0.4) is 0 Å². The van der Waals surface area contributed by atoms with Crippen LogP contribution in [0.2, 0.25) is 0 Å². The Morgan fingerprint density at radius 1 is 1.47 bits per heavy atom. The zero-order valence-corrected chi connectivity index (χ0v) is 11.4. The summed E-state index contributed by atoms with van der Waals surface area (Å²) in [5, 5.41) is 4.83. The van der Waals surface area contributed by atoms with E-state index < -0.39 is 17.2 Å². The summed E-state index contributed by atoms with van der Waals surface area (Å²) in [5.41, 5.74) is -1.47. The highest BCUT2D eigenvalue weighted by Gasteiger charge is 2.51. The smallest absolute Gasteiger partial charge is 0.322 e. The number of ether oxygens (including phenoxy) is 1. The van der Waals surface area contributed by atoms with Crippen LogP contribution >= 0.6 is 0 Å². The molecule has 0 aromatic carbocycles. The number of hydrogen-bond acceptors (Lipinski definition) is 4. The van der Waals surface area contributed by atoms with Crippen LogP contribution in [0.25, 0.3) is 0 Å². The molecule has 2 N–H and O–H groups in total. The number of hydrogen-bond donors (Lipinski definition) is 2. The highest BCUT2D eigenvalue weighted by atomic mass is 16.5. The summed E-state index contributed by atoms with van der Waals surface area (Å²) in [4.78, 5) is 36.7. The summed E-state index contributed by atoms with van der Waals surface area (Å²) in [7, 11) is 1.56. The minimum absolute atomic E-state index is 0.0716. The van der Waals surface area contributed by atoms with Crippen molar-refractivity contribution in [2.45, 2.75) is 37.8 Å². The van der Waals surface area contributed by atoms with Gasteiger partial charge in [0.05, 0.1) is 18.6 Å². The average molecular weight is 269 g/mol. The molecular weight excluding hydrogens is 250 g/mol. The van der Waals surface area contributed by atoms with Gasteiger partial charge in [0.15, 0.2) is 0 Å². The highest BCUT2D eigenvalue weighted by molar-refractivity contribution is 6.07. The van der Waals surface area contributed by atoms with E-state index in [4.69, 9.17) is 4.74 Å². The Balaban J connectivity index is 2.01. The van der Waals surface area contributed by atoms with Crippen molar-refractivity contribution < 1.29 is 19.1 Å². The van der Waals surface area contributed by atoms with Crippen LogP contribution in [0, 0.1) is 0 Å². The van der Waals surface area contributed by atoms with E-state index in [2.05, 4.69) is 10.6 Å². The molecule has 2 saturated heterocycles. The number of methoxy groups -OCH3 is 1. The molecule has 2 rings (SSSR count). The van der Waals surface area contributed by atoms with Crippen LogP contribution in [0.15, 0.2) is 0 Å². The molecule has 0 saturated carbocycles. The van der Waals surface area contributed by atoms with Gasteiger partial charge in [0.1, 0.15) is 5.54 Å². The fourth-order valence-corrected chi connectivity index (χ4v) is 2.39. The molecule has 19 heavy (non-hydrogen) atoms. The minimum atomic E-state index is -0.941. The van der Waals surface area contributed by atoms with E-state index >= 15 is 0 Å². The fourth-order valence-electron chi connectivity index (χ4n) is 2.39. The van der Waals surface area contributed by atoms with Gasteiger partial charge in [-0.05, 0) is 20.3 Å². The van der Waals surface area contributed by atoms with Gasteiger partial charge in [-0.2, -0.15) is 0 Å². The standard InChI is InChI=1S/C12H19N3O4/c1-11(2,19-3)6-8(16)15-5-4-12(7-15)9(17)13-10(18)14-12/h4-7H2,1-3H3,(H2,13,14,17,18). The molecule has 0 radical (unpaired) electrons. The molecule has 2 aliphatic heterocycles. The van der Waals surface area contributed by atoms with Crippen LogP contribution in [0.4, 0.5) is 4.79 Å².